The highest BCUT2D eigenvalue weighted by Gasteiger charge is 2.36. The van der Waals surface area contributed by atoms with E-state index in [0.717, 1.165) is 16.2 Å². The van der Waals surface area contributed by atoms with Crippen LogP contribution in [0.5, 0.6) is 0 Å². The third-order valence-electron chi connectivity index (χ3n) is 3.12. The largest absolute Gasteiger partial charge is 0.252 e. The van der Waals surface area contributed by atoms with Crippen LogP contribution < -0.4 is 0 Å². The molecule has 0 spiro atoms. The summed E-state index contributed by atoms with van der Waals surface area (Å²) < 4.78 is 48.9. The summed E-state index contributed by atoms with van der Waals surface area (Å²) in [4.78, 5) is 0.771. The molecule has 0 N–H and O–H groups in total. The highest BCUT2D eigenvalue weighted by Crippen LogP contribution is 2.28. The summed E-state index contributed by atoms with van der Waals surface area (Å²) in [5.74, 6) is 0.215. The molecule has 0 aliphatic carbocycles. The maximum Gasteiger partial charge on any atom is 0.252 e. The van der Waals surface area contributed by atoms with Gasteiger partial charge in [0.2, 0.25) is 0 Å². The van der Waals surface area contributed by atoms with Gasteiger partial charge in [0.05, 0.1) is 17.4 Å². The Morgan fingerprint density at radius 2 is 2.16 bits per heavy atom. The molecule has 19 heavy (non-hydrogen) atoms. The number of nitrogens with zero attached hydrogens (tertiary/aromatic N) is 1. The molecule has 2 heterocycles. The quantitative estimate of drug-likeness (QED) is 0.772. The van der Waals surface area contributed by atoms with Crippen molar-refractivity contribution in [2.75, 3.05) is 18.6 Å². The van der Waals surface area contributed by atoms with Crippen LogP contribution in [0.2, 0.25) is 0 Å². The summed E-state index contributed by atoms with van der Waals surface area (Å²) in [6.45, 7) is 0. The number of alkyl halides is 1. The van der Waals surface area contributed by atoms with Gasteiger partial charge < -0.3 is 0 Å². The fourth-order valence-electron chi connectivity index (χ4n) is 1.97. The predicted molar refractivity (Wildman–Crippen MR) is 75.9 cm³/mol. The van der Waals surface area contributed by atoms with Gasteiger partial charge in [-0.15, -0.1) is 22.9 Å². The third kappa shape index (κ3) is 3.13. The lowest BCUT2D eigenvalue weighted by molar-refractivity contribution is 0.395. The van der Waals surface area contributed by atoms with E-state index in [9.17, 15) is 16.8 Å². The maximum absolute atomic E-state index is 12.4. The Hall–Kier alpha value is -0.150. The second-order valence-electron chi connectivity index (χ2n) is 4.43. The lowest BCUT2D eigenvalue weighted by Crippen LogP contribution is -2.37. The van der Waals surface area contributed by atoms with Crippen LogP contribution in [0, 0.1) is 0 Å². The van der Waals surface area contributed by atoms with Gasteiger partial charge in [0.15, 0.2) is 9.84 Å². The average molecular weight is 344 g/mol. The standard InChI is InChI=1S/C10H14ClNO4S3/c1-12(8-4-5-18(13,14)7-8)19(15,16)10-3-2-9(6-11)17-10/h2-3,8H,4-7H2,1H3. The van der Waals surface area contributed by atoms with E-state index in [-0.39, 0.29) is 21.6 Å². The minimum Gasteiger partial charge on any atom is -0.229 e. The average Bonchev–Trinajstić information content (AvgIpc) is 2.94. The molecule has 5 nitrogen and oxygen atoms in total. The molecule has 9 heteroatoms. The van der Waals surface area contributed by atoms with E-state index in [1.807, 2.05) is 0 Å². The first kappa shape index (κ1) is 15.2. The van der Waals surface area contributed by atoms with E-state index in [0.29, 0.717) is 6.42 Å². The Bertz CT molecular complexity index is 665. The zero-order chi connectivity index (χ0) is 14.3. The molecule has 1 atom stereocenters. The molecule has 0 amide bonds. The van der Waals surface area contributed by atoms with Crippen LogP contribution in [0.15, 0.2) is 16.3 Å². The lowest BCUT2D eigenvalue weighted by Gasteiger charge is -2.21. The first-order chi connectivity index (χ1) is 8.76. The number of hydrogen-bond donors (Lipinski definition) is 0. The number of hydrogen-bond acceptors (Lipinski definition) is 5. The van der Waals surface area contributed by atoms with Crippen LogP contribution in [-0.2, 0) is 25.7 Å². The maximum atomic E-state index is 12.4. The molecule has 0 radical (unpaired) electrons. The van der Waals surface area contributed by atoms with E-state index >= 15 is 0 Å². The van der Waals surface area contributed by atoms with Gasteiger partial charge in [-0.3, -0.25) is 0 Å². The summed E-state index contributed by atoms with van der Waals surface area (Å²) in [6.07, 6.45) is 0.353. The van der Waals surface area contributed by atoms with Gasteiger partial charge in [-0.05, 0) is 18.6 Å². The number of sulfonamides is 1. The minimum atomic E-state index is -3.63. The summed E-state index contributed by atoms with van der Waals surface area (Å²) >= 11 is 6.77. The van der Waals surface area contributed by atoms with Gasteiger partial charge in [0, 0.05) is 18.0 Å². The lowest BCUT2D eigenvalue weighted by atomic mass is 10.3. The molecule has 0 aromatic carbocycles. The smallest absolute Gasteiger partial charge is 0.229 e. The zero-order valence-electron chi connectivity index (χ0n) is 10.2. The van der Waals surface area contributed by atoms with Gasteiger partial charge in [-0.1, -0.05) is 0 Å². The number of halogens is 1. The van der Waals surface area contributed by atoms with Gasteiger partial charge >= 0.3 is 0 Å². The summed E-state index contributed by atoms with van der Waals surface area (Å²) in [6, 6.07) is 2.71. The Morgan fingerprint density at radius 1 is 1.47 bits per heavy atom. The summed E-state index contributed by atoms with van der Waals surface area (Å²) in [7, 11) is -5.31. The molecule has 0 saturated carbocycles. The number of thiophene rings is 1. The van der Waals surface area contributed by atoms with E-state index in [2.05, 4.69) is 0 Å². The van der Waals surface area contributed by atoms with Crippen LogP contribution in [-0.4, -0.2) is 45.7 Å². The van der Waals surface area contributed by atoms with Crippen LogP contribution in [0.1, 0.15) is 11.3 Å². The van der Waals surface area contributed by atoms with E-state index in [1.54, 1.807) is 6.07 Å². The highest BCUT2D eigenvalue weighted by atomic mass is 35.5. The molecular weight excluding hydrogens is 330 g/mol. The van der Waals surface area contributed by atoms with Gasteiger partial charge in [0.1, 0.15) is 4.21 Å². The number of rotatable bonds is 4. The fourth-order valence-corrected chi connectivity index (χ4v) is 6.87. The van der Waals surface area contributed by atoms with Crippen LogP contribution in [0.4, 0.5) is 0 Å². The van der Waals surface area contributed by atoms with Crippen LogP contribution in [0.25, 0.3) is 0 Å². The normalized spacial score (nSPS) is 23.0. The molecule has 1 aliphatic heterocycles. The Morgan fingerprint density at radius 3 is 2.63 bits per heavy atom. The molecule has 1 aromatic heterocycles. The summed E-state index contributed by atoms with van der Waals surface area (Å²) in [5, 5.41) is 0. The second kappa shape index (κ2) is 5.33. The minimum absolute atomic E-state index is 0.0505. The third-order valence-corrected chi connectivity index (χ3v) is 8.78. The van der Waals surface area contributed by atoms with Gasteiger partial charge in [-0.25, -0.2) is 16.8 Å². The van der Waals surface area contributed by atoms with Crippen LogP contribution in [0.3, 0.4) is 0 Å². The van der Waals surface area contributed by atoms with Gasteiger partial charge in [0.25, 0.3) is 10.0 Å². The molecule has 1 fully saturated rings. The molecule has 1 aliphatic rings. The topological polar surface area (TPSA) is 71.5 Å². The van der Waals surface area contributed by atoms with Crippen molar-refractivity contribution in [2.24, 2.45) is 0 Å². The highest BCUT2D eigenvalue weighted by molar-refractivity contribution is 7.92. The SMILES string of the molecule is CN(C1CCS(=O)(=O)C1)S(=O)(=O)c1ccc(CCl)s1. The second-order valence-corrected chi connectivity index (χ2v) is 10.3. The zero-order valence-corrected chi connectivity index (χ0v) is 13.4. The van der Waals surface area contributed by atoms with Crippen molar-refractivity contribution in [1.82, 2.24) is 4.31 Å². The van der Waals surface area contributed by atoms with Crippen molar-refractivity contribution >= 4 is 42.8 Å². The Labute approximate surface area is 122 Å². The van der Waals surface area contributed by atoms with E-state index < -0.39 is 25.9 Å². The first-order valence-corrected chi connectivity index (χ1v) is 10.2. The van der Waals surface area contributed by atoms with Crippen molar-refractivity contribution in [1.29, 1.82) is 0 Å². The van der Waals surface area contributed by atoms with E-state index in [4.69, 9.17) is 11.6 Å². The van der Waals surface area contributed by atoms with E-state index in [1.165, 1.54) is 17.4 Å². The molecule has 0 bridgehead atoms. The number of sulfone groups is 1. The van der Waals surface area contributed by atoms with Crippen molar-refractivity contribution in [3.63, 3.8) is 0 Å². The summed E-state index contributed by atoms with van der Waals surface area (Å²) in [5.41, 5.74) is 0. The fraction of sp³-hybridized carbons (Fsp3) is 0.600. The van der Waals surface area contributed by atoms with Gasteiger partial charge in [-0.2, -0.15) is 4.31 Å². The van der Waals surface area contributed by atoms with Crippen molar-refractivity contribution in [3.8, 4) is 0 Å². The first-order valence-electron chi connectivity index (χ1n) is 5.59. The molecule has 2 rings (SSSR count). The van der Waals surface area contributed by atoms with Crippen LogP contribution >= 0.6 is 22.9 Å². The van der Waals surface area contributed by atoms with Crippen molar-refractivity contribution in [3.05, 3.63) is 17.0 Å². The Balaban J connectivity index is 2.25. The van der Waals surface area contributed by atoms with Crippen molar-refractivity contribution < 1.29 is 16.8 Å². The predicted octanol–water partition coefficient (Wildman–Crippen LogP) is 1.29. The van der Waals surface area contributed by atoms with Crippen molar-refractivity contribution in [2.45, 2.75) is 22.6 Å². The molecule has 1 saturated heterocycles. The molecule has 1 unspecified atom stereocenters. The monoisotopic (exact) mass is 343 g/mol. The molecule has 108 valence electrons. The molecular formula is C10H14ClNO4S3. The molecule has 1 aromatic rings. The Kier molecular flexibility index (Phi) is 4.27.